The van der Waals surface area contributed by atoms with Crippen molar-refractivity contribution < 1.29 is 9.18 Å². The van der Waals surface area contributed by atoms with Gasteiger partial charge in [0.2, 0.25) is 0 Å². The average molecular weight is 435 g/mol. The van der Waals surface area contributed by atoms with Crippen LogP contribution in [-0.2, 0) is 4.79 Å². The predicted octanol–water partition coefficient (Wildman–Crippen LogP) is 5.61. The van der Waals surface area contributed by atoms with E-state index in [4.69, 9.17) is 0 Å². The zero-order valence-corrected chi connectivity index (χ0v) is 15.9. The first-order chi connectivity index (χ1) is 10.6. The lowest BCUT2D eigenvalue weighted by molar-refractivity contribution is -0.105. The highest BCUT2D eigenvalue weighted by molar-refractivity contribution is 14.1. The van der Waals surface area contributed by atoms with Gasteiger partial charge in [0.05, 0.1) is 0 Å². The number of allylic oxidation sites excluding steroid dienone is 6. The lowest BCUT2D eigenvalue weighted by Gasteiger charge is -2.12. The van der Waals surface area contributed by atoms with Crippen LogP contribution in [0, 0.1) is 5.92 Å². The summed E-state index contributed by atoms with van der Waals surface area (Å²) in [6.07, 6.45) is 13.4. The quantitative estimate of drug-likeness (QED) is 0.0756. The molecular formula is C17H23FINOS. The van der Waals surface area contributed by atoms with Gasteiger partial charge in [-0.15, -0.1) is 13.2 Å². The first-order valence-corrected chi connectivity index (χ1v) is 8.78. The third-order valence-corrected chi connectivity index (χ3v) is 4.57. The summed E-state index contributed by atoms with van der Waals surface area (Å²) in [6, 6.07) is 0. The molecule has 0 aromatic rings. The molecule has 0 radical (unpaired) electrons. The third-order valence-electron chi connectivity index (χ3n) is 2.74. The van der Waals surface area contributed by atoms with Crippen molar-refractivity contribution in [3.63, 3.8) is 0 Å². The molecule has 0 aliphatic heterocycles. The van der Waals surface area contributed by atoms with Gasteiger partial charge in [-0.05, 0) is 48.4 Å². The van der Waals surface area contributed by atoms with Crippen molar-refractivity contribution in [3.05, 3.63) is 60.1 Å². The maximum Gasteiger partial charge on any atom is 0.146 e. The second-order valence-electron chi connectivity index (χ2n) is 4.40. The molecule has 0 amide bonds. The fraction of sp³-hybridized carbons (Fsp3) is 0.353. The summed E-state index contributed by atoms with van der Waals surface area (Å²) in [7, 11) is 0. The Morgan fingerprint density at radius 1 is 1.45 bits per heavy atom. The van der Waals surface area contributed by atoms with Crippen LogP contribution in [0.3, 0.4) is 0 Å². The molecule has 0 spiro atoms. The third kappa shape index (κ3) is 10.1. The van der Waals surface area contributed by atoms with E-state index in [1.54, 1.807) is 6.08 Å². The van der Waals surface area contributed by atoms with Crippen molar-refractivity contribution in [2.24, 2.45) is 5.92 Å². The Morgan fingerprint density at radius 2 is 2.18 bits per heavy atom. The van der Waals surface area contributed by atoms with Crippen LogP contribution in [0.1, 0.15) is 19.8 Å². The minimum atomic E-state index is -0.549. The molecule has 22 heavy (non-hydrogen) atoms. The molecule has 0 bridgehead atoms. The number of carbonyl (C=O) groups is 1. The predicted molar refractivity (Wildman–Crippen MR) is 104 cm³/mol. The molecule has 1 atom stereocenters. The molecule has 0 saturated carbocycles. The van der Waals surface area contributed by atoms with E-state index < -0.39 is 6.67 Å². The number of carbonyl (C=O) groups excluding carboxylic acids is 1. The molecule has 0 fully saturated rings. The van der Waals surface area contributed by atoms with Crippen LogP contribution in [0.5, 0.6) is 0 Å². The van der Waals surface area contributed by atoms with Crippen molar-refractivity contribution in [2.45, 2.75) is 19.8 Å². The van der Waals surface area contributed by atoms with Gasteiger partial charge in [0.15, 0.2) is 0 Å². The van der Waals surface area contributed by atoms with Crippen LogP contribution in [0.4, 0.5) is 4.39 Å². The van der Waals surface area contributed by atoms with E-state index >= 15 is 0 Å². The molecule has 0 N–H and O–H groups in total. The van der Waals surface area contributed by atoms with Crippen molar-refractivity contribution in [3.8, 4) is 0 Å². The summed E-state index contributed by atoms with van der Waals surface area (Å²) >= 11 is 3.58. The van der Waals surface area contributed by atoms with Crippen LogP contribution in [0.25, 0.3) is 0 Å². The first-order valence-electron chi connectivity index (χ1n) is 7.04. The van der Waals surface area contributed by atoms with E-state index in [1.165, 1.54) is 18.0 Å². The Bertz CT molecular complexity index is 446. The summed E-state index contributed by atoms with van der Waals surface area (Å²) in [5.74, 6) is 0.287. The zero-order chi connectivity index (χ0) is 16.8. The van der Waals surface area contributed by atoms with Gasteiger partial charge in [0.1, 0.15) is 13.0 Å². The molecule has 0 aromatic heterocycles. The summed E-state index contributed by atoms with van der Waals surface area (Å²) < 4.78 is 14.5. The van der Waals surface area contributed by atoms with Crippen LogP contribution >= 0.6 is 34.8 Å². The normalized spacial score (nSPS) is 14.4. The number of nitrogens with zero attached hydrogens (tertiary/aromatic N) is 1. The molecule has 122 valence electrons. The van der Waals surface area contributed by atoms with E-state index in [0.29, 0.717) is 18.5 Å². The zero-order valence-electron chi connectivity index (χ0n) is 12.9. The Balaban J connectivity index is 4.62. The van der Waals surface area contributed by atoms with E-state index in [-0.39, 0.29) is 5.92 Å². The Morgan fingerprint density at radius 3 is 2.68 bits per heavy atom. The second kappa shape index (κ2) is 14.0. The topological polar surface area (TPSA) is 20.3 Å². The van der Waals surface area contributed by atoms with E-state index in [2.05, 4.69) is 42.1 Å². The highest BCUT2D eigenvalue weighted by atomic mass is 127. The molecule has 0 heterocycles. The molecular weight excluding hydrogens is 412 g/mol. The maximum absolute atomic E-state index is 12.6. The molecule has 0 aromatic carbocycles. The molecule has 0 aliphatic rings. The van der Waals surface area contributed by atoms with Gasteiger partial charge in [0.25, 0.3) is 0 Å². The largest absolute Gasteiger partial charge is 0.298 e. The van der Waals surface area contributed by atoms with Crippen molar-refractivity contribution >= 4 is 41.1 Å². The fourth-order valence-electron chi connectivity index (χ4n) is 1.52. The molecule has 0 saturated heterocycles. The minimum Gasteiger partial charge on any atom is -0.298 e. The number of alkyl halides is 1. The lowest BCUT2D eigenvalue weighted by atomic mass is 10.1. The van der Waals surface area contributed by atoms with Gasteiger partial charge >= 0.3 is 0 Å². The van der Waals surface area contributed by atoms with Gasteiger partial charge in [0, 0.05) is 34.3 Å². The Kier molecular flexibility index (Phi) is 13.5. The molecule has 0 rings (SSSR count). The SMILES string of the molecule is C=CCC(C=C)/C=C/CN(I)SC(/C=C(/C=O)CC)=C/CF. The van der Waals surface area contributed by atoms with Crippen LogP contribution in [-0.4, -0.2) is 22.0 Å². The van der Waals surface area contributed by atoms with E-state index in [0.717, 1.165) is 17.6 Å². The highest BCUT2D eigenvalue weighted by Gasteiger charge is 2.04. The monoisotopic (exact) mass is 435 g/mol. The van der Waals surface area contributed by atoms with Gasteiger partial charge in [-0.25, -0.2) is 4.39 Å². The molecule has 5 heteroatoms. The summed E-state index contributed by atoms with van der Waals surface area (Å²) in [5, 5.41) is 0. The number of hydrogen-bond acceptors (Lipinski definition) is 3. The standard InChI is InChI=1S/C17H23FINOS/c1-4-8-15(5-2)9-7-12-20(19)22-17(10-11-18)13-16(6-3)14-21/h4-5,7,9-10,13-15H,1-2,6,8,11-12H2,3H3/b9-7+,16-13+,17-10+. The fourth-order valence-corrected chi connectivity index (χ4v) is 3.16. The van der Waals surface area contributed by atoms with E-state index in [1.807, 2.05) is 27.7 Å². The van der Waals surface area contributed by atoms with Gasteiger partial charge < -0.3 is 0 Å². The molecule has 2 nitrogen and oxygen atoms in total. The van der Waals surface area contributed by atoms with Crippen LogP contribution in [0.15, 0.2) is 60.1 Å². The number of hydrogen-bond donors (Lipinski definition) is 0. The molecule has 0 aliphatic carbocycles. The number of aldehydes is 1. The van der Waals surface area contributed by atoms with Crippen molar-refractivity contribution in [1.82, 2.24) is 2.52 Å². The molecule has 1 unspecified atom stereocenters. The number of halogens is 2. The van der Waals surface area contributed by atoms with Gasteiger partial charge in [-0.2, -0.15) is 2.52 Å². The highest BCUT2D eigenvalue weighted by Crippen LogP contribution is 2.27. The Labute approximate surface area is 151 Å². The van der Waals surface area contributed by atoms with Crippen molar-refractivity contribution in [2.75, 3.05) is 13.2 Å². The van der Waals surface area contributed by atoms with Gasteiger partial charge in [-0.1, -0.05) is 31.2 Å². The van der Waals surface area contributed by atoms with Gasteiger partial charge in [-0.3, -0.25) is 4.79 Å². The van der Waals surface area contributed by atoms with E-state index in [9.17, 15) is 9.18 Å². The smallest absolute Gasteiger partial charge is 0.146 e. The summed E-state index contributed by atoms with van der Waals surface area (Å²) in [5.41, 5.74) is 0.658. The first kappa shape index (κ1) is 21.3. The minimum absolute atomic E-state index is 0.287. The average Bonchev–Trinajstić information content (AvgIpc) is 2.51. The maximum atomic E-state index is 12.6. The number of rotatable bonds is 12. The van der Waals surface area contributed by atoms with Crippen LogP contribution in [0.2, 0.25) is 0 Å². The summed E-state index contributed by atoms with van der Waals surface area (Å²) in [4.78, 5) is 11.6. The van der Waals surface area contributed by atoms with Crippen LogP contribution < -0.4 is 0 Å². The lowest BCUT2D eigenvalue weighted by Crippen LogP contribution is -2.02. The Hall–Kier alpha value is -0.660. The summed E-state index contributed by atoms with van der Waals surface area (Å²) in [6.45, 7) is 9.56. The van der Waals surface area contributed by atoms with Crippen molar-refractivity contribution in [1.29, 1.82) is 0 Å². The second-order valence-corrected chi connectivity index (χ2v) is 7.31.